The van der Waals surface area contributed by atoms with Crippen molar-refractivity contribution in [3.8, 4) is 0 Å². The van der Waals surface area contributed by atoms with Gasteiger partial charge in [0.2, 0.25) is 0 Å². The molecule has 0 bridgehead atoms. The van der Waals surface area contributed by atoms with E-state index in [0.717, 1.165) is 32.3 Å². The van der Waals surface area contributed by atoms with Crippen molar-refractivity contribution >= 4 is 0 Å². The van der Waals surface area contributed by atoms with E-state index in [1.807, 2.05) is 0 Å². The molecule has 1 nitrogen and oxygen atoms in total. The normalized spacial score (nSPS) is 11.4. The van der Waals surface area contributed by atoms with Gasteiger partial charge in [-0.05, 0) is 0 Å². The van der Waals surface area contributed by atoms with Gasteiger partial charge in [0, 0.05) is 0 Å². The Morgan fingerprint density at radius 3 is 1.30 bits per heavy atom. The van der Waals surface area contributed by atoms with Gasteiger partial charge in [-0.2, -0.15) is 0 Å². The van der Waals surface area contributed by atoms with Crippen LogP contribution in [0.15, 0.2) is 91.0 Å². The van der Waals surface area contributed by atoms with E-state index < -0.39 is 0 Å². The molecule has 137 valence electrons. The van der Waals surface area contributed by atoms with Crippen LogP contribution in [0.2, 0.25) is 0 Å². The van der Waals surface area contributed by atoms with Gasteiger partial charge < -0.3 is 0 Å². The first kappa shape index (κ1) is 20.2. The number of hydrogen-bond acceptors (Lipinski definition) is 1. The first-order chi connectivity index (χ1) is 13.3. The molecular formula is C25H27OZr. The summed E-state index contributed by atoms with van der Waals surface area (Å²) in [5.74, 6) is 0. The molecule has 0 fully saturated rings. The Morgan fingerprint density at radius 1 is 0.593 bits per heavy atom. The molecule has 0 radical (unpaired) electrons. The van der Waals surface area contributed by atoms with E-state index in [2.05, 4.69) is 91.0 Å². The topological polar surface area (TPSA) is 9.23 Å². The summed E-state index contributed by atoms with van der Waals surface area (Å²) in [4.78, 5) is 0. The minimum atomic E-state index is 0.193. The summed E-state index contributed by atoms with van der Waals surface area (Å²) in [7, 11) is 0. The van der Waals surface area contributed by atoms with Gasteiger partial charge in [0.1, 0.15) is 0 Å². The Kier molecular flexibility index (Phi) is 8.05. The maximum absolute atomic E-state index is 5.48. The third-order valence-corrected chi connectivity index (χ3v) is 5.72. The molecule has 0 amide bonds. The van der Waals surface area contributed by atoms with E-state index in [9.17, 15) is 0 Å². The third-order valence-electron chi connectivity index (χ3n) is 5.22. The maximum atomic E-state index is 5.48. The Hall–Kier alpha value is -1.50. The summed E-state index contributed by atoms with van der Waals surface area (Å²) in [6, 6.07) is 32.9. The van der Waals surface area contributed by atoms with Gasteiger partial charge in [-0.3, -0.25) is 0 Å². The molecule has 0 spiro atoms. The standard InChI is InChI=1S/C25H27O.Zr/c26-18-10-17-25(19-22-11-4-1-5-12-22,20-23-13-6-2-7-14-23)21-24-15-8-3-9-16-24;/h1-9,11-16H,10,17-21H2;/q-1;+1. The van der Waals surface area contributed by atoms with Crippen molar-refractivity contribution in [3.05, 3.63) is 108 Å². The second kappa shape index (κ2) is 10.7. The molecule has 3 rings (SSSR count). The van der Waals surface area contributed by atoms with Crippen molar-refractivity contribution < 1.29 is 28.0 Å². The summed E-state index contributed by atoms with van der Waals surface area (Å²) in [5.41, 5.74) is 4.46. The molecule has 0 heterocycles. The monoisotopic (exact) mass is 433 g/mol. The van der Waals surface area contributed by atoms with Crippen molar-refractivity contribution in [1.82, 2.24) is 0 Å². The van der Waals surface area contributed by atoms with Gasteiger partial charge in [0.15, 0.2) is 0 Å². The molecule has 0 saturated heterocycles. The average molecular weight is 435 g/mol. The van der Waals surface area contributed by atoms with Crippen LogP contribution in [0.1, 0.15) is 29.5 Å². The summed E-state index contributed by atoms with van der Waals surface area (Å²) in [6.45, 7) is 0.860. The molecule has 2 heteroatoms. The van der Waals surface area contributed by atoms with Gasteiger partial charge in [-0.15, -0.1) is 0 Å². The molecule has 3 aromatic rings. The van der Waals surface area contributed by atoms with Crippen molar-refractivity contribution in [2.24, 2.45) is 5.41 Å². The molecule has 0 aliphatic rings. The Morgan fingerprint density at radius 2 is 0.963 bits per heavy atom. The number of benzene rings is 3. The minimum absolute atomic E-state index is 0.193. The predicted octanol–water partition coefficient (Wildman–Crippen LogP) is 5.96. The molecule has 0 atom stereocenters. The Labute approximate surface area is 179 Å². The van der Waals surface area contributed by atoms with Crippen LogP contribution in [-0.2, 0) is 47.2 Å². The fourth-order valence-corrected chi connectivity index (χ4v) is 4.41. The molecule has 0 aliphatic carbocycles. The molecule has 0 unspecified atom stereocenters. The molecule has 3 aromatic carbocycles. The van der Waals surface area contributed by atoms with Gasteiger partial charge in [-0.25, -0.2) is 0 Å². The number of hydrogen-bond donors (Lipinski definition) is 0. The third kappa shape index (κ3) is 6.56. The van der Waals surface area contributed by atoms with Crippen LogP contribution in [-0.4, -0.2) is 6.61 Å². The van der Waals surface area contributed by atoms with Crippen molar-refractivity contribution in [2.75, 3.05) is 6.61 Å². The van der Waals surface area contributed by atoms with Gasteiger partial charge >= 0.3 is 180 Å². The Bertz CT molecular complexity index is 670. The molecule has 27 heavy (non-hydrogen) atoms. The first-order valence-corrected chi connectivity index (χ1v) is 10.7. The summed E-state index contributed by atoms with van der Waals surface area (Å²) in [6.07, 6.45) is 5.55. The van der Waals surface area contributed by atoms with Crippen LogP contribution in [0.25, 0.3) is 0 Å². The summed E-state index contributed by atoms with van der Waals surface area (Å²) >= 11 is 1.17. The first-order valence-electron chi connectivity index (χ1n) is 9.70. The van der Waals surface area contributed by atoms with E-state index in [0.29, 0.717) is 0 Å². The second-order valence-corrected chi connectivity index (χ2v) is 8.15. The van der Waals surface area contributed by atoms with Crippen LogP contribution in [0.3, 0.4) is 0 Å². The van der Waals surface area contributed by atoms with Crippen LogP contribution < -0.4 is 0 Å². The zero-order valence-corrected chi connectivity index (χ0v) is 18.3. The van der Waals surface area contributed by atoms with E-state index in [1.54, 1.807) is 0 Å². The predicted molar refractivity (Wildman–Crippen MR) is 108 cm³/mol. The van der Waals surface area contributed by atoms with E-state index in [4.69, 9.17) is 2.81 Å². The SMILES string of the molecule is [Zr][O]CCCC(Cc1ccccc1)(Cc1ccccc1)Cc1ccccc1. The molecule has 0 aromatic heterocycles. The van der Waals surface area contributed by atoms with Crippen molar-refractivity contribution in [1.29, 1.82) is 0 Å². The summed E-state index contributed by atoms with van der Waals surface area (Å²) < 4.78 is 5.48. The van der Waals surface area contributed by atoms with Crippen LogP contribution in [0.5, 0.6) is 0 Å². The quantitative estimate of drug-likeness (QED) is 0.358. The van der Waals surface area contributed by atoms with Gasteiger partial charge in [0.05, 0.1) is 0 Å². The zero-order valence-electron chi connectivity index (χ0n) is 15.8. The van der Waals surface area contributed by atoms with Crippen LogP contribution in [0.4, 0.5) is 0 Å². The second-order valence-electron chi connectivity index (χ2n) is 7.44. The van der Waals surface area contributed by atoms with E-state index in [-0.39, 0.29) is 5.41 Å². The van der Waals surface area contributed by atoms with Gasteiger partial charge in [0.25, 0.3) is 0 Å². The van der Waals surface area contributed by atoms with Crippen LogP contribution >= 0.6 is 0 Å². The zero-order chi connectivity index (χ0) is 18.8. The molecule has 0 saturated carbocycles. The van der Waals surface area contributed by atoms with Gasteiger partial charge in [-0.1, -0.05) is 0 Å². The van der Waals surface area contributed by atoms with E-state index >= 15 is 0 Å². The fourth-order valence-electron chi connectivity index (χ4n) is 4.06. The van der Waals surface area contributed by atoms with Crippen LogP contribution in [0, 0.1) is 5.41 Å². The molecule has 0 aliphatic heterocycles. The van der Waals surface area contributed by atoms with E-state index in [1.165, 1.54) is 48.3 Å². The molecule has 0 N–H and O–H groups in total. The van der Waals surface area contributed by atoms with Crippen molar-refractivity contribution in [2.45, 2.75) is 32.1 Å². The average Bonchev–Trinajstić information content (AvgIpc) is 2.70. The summed E-state index contributed by atoms with van der Waals surface area (Å²) in [5, 5.41) is 0. The fraction of sp³-hybridized carbons (Fsp3) is 0.280. The molecular weight excluding hydrogens is 407 g/mol. The van der Waals surface area contributed by atoms with Crippen molar-refractivity contribution in [3.63, 3.8) is 0 Å². The number of rotatable bonds is 10. The Balaban J connectivity index is 1.93.